The maximum absolute atomic E-state index is 13.9. The number of aliphatic hydroxyl groups excluding tert-OH is 1. The van der Waals surface area contributed by atoms with Crippen molar-refractivity contribution in [3.05, 3.63) is 83.1 Å². The van der Waals surface area contributed by atoms with Gasteiger partial charge in [-0.25, -0.2) is 4.39 Å². The zero-order valence-corrected chi connectivity index (χ0v) is 14.2. The summed E-state index contributed by atoms with van der Waals surface area (Å²) in [4.78, 5) is 0.904. The topological polar surface area (TPSA) is 36.1 Å². The number of anilines is 1. The molecular formula is C18H14FN2OS2+. The highest BCUT2D eigenvalue weighted by Gasteiger charge is 2.24. The summed E-state index contributed by atoms with van der Waals surface area (Å²) in [5.74, 6) is -0.372. The molecule has 120 valence electrons. The lowest BCUT2D eigenvalue weighted by molar-refractivity contribution is -0.575. The van der Waals surface area contributed by atoms with Crippen LogP contribution in [0.3, 0.4) is 0 Å². The van der Waals surface area contributed by atoms with Gasteiger partial charge < -0.3 is 10.4 Å². The van der Waals surface area contributed by atoms with Gasteiger partial charge in [0, 0.05) is 12.1 Å². The van der Waals surface area contributed by atoms with Crippen molar-refractivity contribution in [2.75, 3.05) is 5.32 Å². The van der Waals surface area contributed by atoms with E-state index in [0.29, 0.717) is 10.6 Å². The van der Waals surface area contributed by atoms with Crippen LogP contribution in [0.2, 0.25) is 0 Å². The minimum Gasteiger partial charge on any atom is -0.501 e. The fourth-order valence-corrected chi connectivity index (χ4v) is 3.15. The fraction of sp³-hybridized carbons (Fsp3) is 0. The molecule has 0 amide bonds. The molecule has 0 aliphatic rings. The molecule has 0 radical (unpaired) electrons. The molecule has 2 heterocycles. The van der Waals surface area contributed by atoms with Crippen molar-refractivity contribution in [1.82, 2.24) is 0 Å². The van der Waals surface area contributed by atoms with Gasteiger partial charge >= 0.3 is 0 Å². The molecule has 0 aliphatic heterocycles. The van der Waals surface area contributed by atoms with Gasteiger partial charge in [0.05, 0.1) is 10.6 Å². The number of rotatable bonds is 4. The van der Waals surface area contributed by atoms with Crippen molar-refractivity contribution >= 4 is 45.7 Å². The number of thiophene rings is 1. The first kappa shape index (κ1) is 16.3. The molecule has 0 fully saturated rings. The average Bonchev–Trinajstić information content (AvgIpc) is 3.13. The second kappa shape index (κ2) is 7.33. The summed E-state index contributed by atoms with van der Waals surface area (Å²) >= 11 is 6.84. The number of benzene rings is 1. The van der Waals surface area contributed by atoms with Crippen LogP contribution in [0.15, 0.2) is 72.4 Å². The van der Waals surface area contributed by atoms with Crippen LogP contribution in [0.4, 0.5) is 10.1 Å². The van der Waals surface area contributed by atoms with E-state index >= 15 is 0 Å². The van der Waals surface area contributed by atoms with Crippen LogP contribution < -0.4 is 9.88 Å². The predicted molar refractivity (Wildman–Crippen MR) is 99.3 cm³/mol. The maximum Gasteiger partial charge on any atom is 0.289 e. The van der Waals surface area contributed by atoms with Crippen molar-refractivity contribution in [3.63, 3.8) is 0 Å². The normalized spacial score (nSPS) is 11.7. The first-order chi connectivity index (χ1) is 11.7. The standard InChI is InChI=1S/C18H13FN2OS2/c19-13-7-2-3-8-14(13)20-18(23)16(21-10-4-1-5-11-21)17(22)15-9-6-12-24-15/h1-12H,(H-,20,22,23)/p+1. The van der Waals surface area contributed by atoms with Crippen LogP contribution in [-0.2, 0) is 0 Å². The maximum atomic E-state index is 13.9. The van der Waals surface area contributed by atoms with Gasteiger partial charge in [-0.05, 0) is 23.6 Å². The number of aromatic nitrogens is 1. The molecule has 3 nitrogen and oxygen atoms in total. The van der Waals surface area contributed by atoms with E-state index in [-0.39, 0.29) is 16.4 Å². The Labute approximate surface area is 148 Å². The predicted octanol–water partition coefficient (Wildman–Crippen LogP) is 4.50. The molecule has 24 heavy (non-hydrogen) atoms. The van der Waals surface area contributed by atoms with Gasteiger partial charge in [-0.15, -0.1) is 11.3 Å². The Bertz CT molecular complexity index is 877. The second-order valence-corrected chi connectivity index (χ2v) is 6.25. The summed E-state index contributed by atoms with van der Waals surface area (Å²) in [6.07, 6.45) is 3.54. The van der Waals surface area contributed by atoms with Crippen LogP contribution in [0.1, 0.15) is 4.88 Å². The van der Waals surface area contributed by atoms with Crippen LogP contribution in [0.5, 0.6) is 0 Å². The first-order valence-corrected chi connectivity index (χ1v) is 8.45. The third-order valence-electron chi connectivity index (χ3n) is 3.29. The molecule has 0 aliphatic carbocycles. The lowest BCUT2D eigenvalue weighted by Gasteiger charge is -2.10. The van der Waals surface area contributed by atoms with Crippen molar-refractivity contribution in [2.24, 2.45) is 0 Å². The van der Waals surface area contributed by atoms with E-state index in [2.05, 4.69) is 5.32 Å². The molecule has 2 N–H and O–H groups in total. The summed E-state index contributed by atoms with van der Waals surface area (Å²) in [5.41, 5.74) is 0.645. The third kappa shape index (κ3) is 3.50. The minimum atomic E-state index is -0.409. The Morgan fingerprint density at radius 3 is 2.46 bits per heavy atom. The third-order valence-corrected chi connectivity index (χ3v) is 4.46. The molecule has 0 unspecified atom stereocenters. The number of hydrogen-bond donors (Lipinski definition) is 2. The second-order valence-electron chi connectivity index (χ2n) is 4.89. The van der Waals surface area contributed by atoms with E-state index in [1.807, 2.05) is 29.6 Å². The van der Waals surface area contributed by atoms with Crippen molar-refractivity contribution in [1.29, 1.82) is 0 Å². The average molecular weight is 357 g/mol. The number of thiocarbonyl (C=S) groups is 1. The molecular weight excluding hydrogens is 343 g/mol. The molecule has 0 bridgehead atoms. The number of pyridine rings is 1. The molecule has 0 saturated carbocycles. The molecule has 2 aromatic heterocycles. The Hall–Kier alpha value is -2.57. The van der Waals surface area contributed by atoms with Gasteiger partial charge in [0.1, 0.15) is 5.82 Å². The van der Waals surface area contributed by atoms with Crippen molar-refractivity contribution in [2.45, 2.75) is 0 Å². The molecule has 0 atom stereocenters. The van der Waals surface area contributed by atoms with Gasteiger partial charge in [-0.1, -0.05) is 36.5 Å². The number of para-hydroxylation sites is 1. The van der Waals surface area contributed by atoms with E-state index in [1.165, 1.54) is 17.4 Å². The Balaban J connectivity index is 2.04. The SMILES string of the molecule is O/C(=C(\C(=S)Nc1ccccc1F)[n+]1ccccc1)c1cccs1. The van der Waals surface area contributed by atoms with Gasteiger partial charge in [0.15, 0.2) is 17.4 Å². The van der Waals surface area contributed by atoms with E-state index < -0.39 is 5.82 Å². The largest absolute Gasteiger partial charge is 0.501 e. The lowest BCUT2D eigenvalue weighted by atomic mass is 10.2. The van der Waals surface area contributed by atoms with E-state index in [4.69, 9.17) is 12.2 Å². The molecule has 0 saturated heterocycles. The van der Waals surface area contributed by atoms with Gasteiger partial charge in [0.25, 0.3) is 5.70 Å². The Morgan fingerprint density at radius 2 is 1.79 bits per heavy atom. The van der Waals surface area contributed by atoms with E-state index in [1.54, 1.807) is 41.2 Å². The summed E-state index contributed by atoms with van der Waals surface area (Å²) < 4.78 is 15.6. The summed E-state index contributed by atoms with van der Waals surface area (Å²) in [6.45, 7) is 0. The highest BCUT2D eigenvalue weighted by molar-refractivity contribution is 7.81. The van der Waals surface area contributed by atoms with Crippen molar-refractivity contribution in [3.8, 4) is 0 Å². The highest BCUT2D eigenvalue weighted by atomic mass is 32.1. The quantitative estimate of drug-likeness (QED) is 0.312. The van der Waals surface area contributed by atoms with E-state index in [9.17, 15) is 9.50 Å². The van der Waals surface area contributed by atoms with Crippen LogP contribution in [0, 0.1) is 5.82 Å². The summed E-state index contributed by atoms with van der Waals surface area (Å²) in [5, 5.41) is 15.4. The number of aliphatic hydroxyl groups is 1. The fourth-order valence-electron chi connectivity index (χ4n) is 2.17. The van der Waals surface area contributed by atoms with Gasteiger partial charge in [0.2, 0.25) is 5.76 Å². The lowest BCUT2D eigenvalue weighted by Crippen LogP contribution is -2.38. The Kier molecular flexibility index (Phi) is 4.98. The number of halogens is 1. The van der Waals surface area contributed by atoms with Gasteiger partial charge in [-0.2, -0.15) is 4.57 Å². The Morgan fingerprint density at radius 1 is 1.04 bits per heavy atom. The minimum absolute atomic E-state index is 0.0371. The van der Waals surface area contributed by atoms with Gasteiger partial charge in [-0.3, -0.25) is 0 Å². The number of nitrogens with one attached hydrogen (secondary N) is 1. The van der Waals surface area contributed by atoms with Crippen molar-refractivity contribution < 1.29 is 14.1 Å². The van der Waals surface area contributed by atoms with Crippen LogP contribution in [-0.4, -0.2) is 10.1 Å². The smallest absolute Gasteiger partial charge is 0.289 e. The van der Waals surface area contributed by atoms with Crippen LogP contribution >= 0.6 is 23.6 Å². The van der Waals surface area contributed by atoms with E-state index in [0.717, 1.165) is 0 Å². The summed E-state index contributed by atoms with van der Waals surface area (Å²) in [6, 6.07) is 15.4. The molecule has 3 aromatic rings. The molecule has 0 spiro atoms. The zero-order valence-electron chi connectivity index (χ0n) is 12.5. The monoisotopic (exact) mass is 357 g/mol. The molecule has 3 rings (SSSR count). The first-order valence-electron chi connectivity index (χ1n) is 7.16. The zero-order chi connectivity index (χ0) is 16.9. The molecule has 6 heteroatoms. The van der Waals surface area contributed by atoms with Crippen LogP contribution in [0.25, 0.3) is 11.5 Å². The summed E-state index contributed by atoms with van der Waals surface area (Å²) in [7, 11) is 0. The number of nitrogens with zero attached hydrogens (tertiary/aromatic N) is 1. The number of hydrogen-bond acceptors (Lipinski definition) is 3. The molecule has 1 aromatic carbocycles. The highest BCUT2D eigenvalue weighted by Crippen LogP contribution is 2.23.